The quantitative estimate of drug-likeness (QED) is 0.783. The third kappa shape index (κ3) is 5.02. The first-order chi connectivity index (χ1) is 10.2. The van der Waals surface area contributed by atoms with Crippen LogP contribution in [-0.4, -0.2) is 13.1 Å². The predicted molar refractivity (Wildman–Crippen MR) is 91.8 cm³/mol. The van der Waals surface area contributed by atoms with Gasteiger partial charge in [0.25, 0.3) is 0 Å². The molecule has 2 rings (SSSR count). The van der Waals surface area contributed by atoms with Crippen molar-refractivity contribution >= 4 is 0 Å². The molecule has 1 N–H and O–H groups in total. The van der Waals surface area contributed by atoms with E-state index in [0.717, 1.165) is 12.8 Å². The normalized spacial score (nSPS) is 12.6. The Morgan fingerprint density at radius 2 is 1.52 bits per heavy atom. The molecule has 0 aromatic heterocycles. The van der Waals surface area contributed by atoms with Crippen LogP contribution in [0, 0.1) is 0 Å². The lowest BCUT2D eigenvalue weighted by Crippen LogP contribution is -2.28. The highest BCUT2D eigenvalue weighted by Crippen LogP contribution is 2.16. The van der Waals surface area contributed by atoms with E-state index in [1.807, 2.05) is 0 Å². The summed E-state index contributed by atoms with van der Waals surface area (Å²) in [6.45, 7) is 4.48. The molecule has 21 heavy (non-hydrogen) atoms. The molecule has 2 aromatic rings. The summed E-state index contributed by atoms with van der Waals surface area (Å²) >= 11 is 0. The van der Waals surface area contributed by atoms with Crippen LogP contribution in [0.5, 0.6) is 0 Å². The Morgan fingerprint density at radius 3 is 2.10 bits per heavy atom. The highest BCUT2D eigenvalue weighted by Gasteiger charge is 2.08. The molecular weight excluding hydrogens is 254 g/mol. The van der Waals surface area contributed by atoms with Gasteiger partial charge in [-0.25, -0.2) is 0 Å². The fourth-order valence-electron chi connectivity index (χ4n) is 2.66. The van der Waals surface area contributed by atoms with Crippen LogP contribution >= 0.6 is 0 Å². The molecule has 0 spiro atoms. The molecule has 0 radical (unpaired) electrons. The van der Waals surface area contributed by atoms with Gasteiger partial charge in [0.2, 0.25) is 0 Å². The van der Waals surface area contributed by atoms with Crippen LogP contribution in [0.2, 0.25) is 0 Å². The van der Waals surface area contributed by atoms with E-state index in [1.165, 1.54) is 23.1 Å². The van der Waals surface area contributed by atoms with Crippen LogP contribution in [0.15, 0.2) is 54.6 Å². The smallest absolute Gasteiger partial charge is 0.0108 e. The Morgan fingerprint density at radius 1 is 0.857 bits per heavy atom. The first kappa shape index (κ1) is 15.8. The number of rotatable bonds is 7. The maximum Gasteiger partial charge on any atom is 0.0108 e. The Balaban J connectivity index is 1.89. The molecular formula is C20H27N. The zero-order valence-corrected chi connectivity index (χ0v) is 13.5. The molecule has 0 heterocycles. The van der Waals surface area contributed by atoms with Gasteiger partial charge in [0.05, 0.1) is 0 Å². The van der Waals surface area contributed by atoms with Crippen molar-refractivity contribution in [1.29, 1.82) is 0 Å². The Hall–Kier alpha value is -1.60. The van der Waals surface area contributed by atoms with Gasteiger partial charge in [-0.1, -0.05) is 68.4 Å². The van der Waals surface area contributed by atoms with Crippen molar-refractivity contribution in [3.63, 3.8) is 0 Å². The van der Waals surface area contributed by atoms with Crippen LogP contribution < -0.4 is 5.32 Å². The summed E-state index contributed by atoms with van der Waals surface area (Å²) in [5.74, 6) is 0.609. The van der Waals surface area contributed by atoms with Crippen molar-refractivity contribution in [2.24, 2.45) is 0 Å². The molecule has 1 unspecified atom stereocenters. The molecule has 0 aliphatic rings. The molecule has 112 valence electrons. The molecule has 1 atom stereocenters. The van der Waals surface area contributed by atoms with E-state index in [-0.39, 0.29) is 0 Å². The summed E-state index contributed by atoms with van der Waals surface area (Å²) in [6.07, 6.45) is 3.41. The second-order valence-electron chi connectivity index (χ2n) is 6.11. The third-order valence-corrected chi connectivity index (χ3v) is 4.16. The molecule has 0 aliphatic carbocycles. The largest absolute Gasteiger partial charge is 0.317 e. The topological polar surface area (TPSA) is 12.0 Å². The van der Waals surface area contributed by atoms with Crippen molar-refractivity contribution in [3.05, 3.63) is 71.3 Å². The van der Waals surface area contributed by atoms with Gasteiger partial charge < -0.3 is 5.32 Å². The molecule has 1 nitrogen and oxygen atoms in total. The first-order valence-electron chi connectivity index (χ1n) is 7.99. The van der Waals surface area contributed by atoms with Gasteiger partial charge in [0.1, 0.15) is 0 Å². The van der Waals surface area contributed by atoms with Gasteiger partial charge in [-0.15, -0.1) is 0 Å². The standard InChI is InChI=1S/C20H27N/c1-16(2)19-12-9-18(10-13-19)15-20(21-3)14-11-17-7-5-4-6-8-17/h4-10,12-13,16,20-21H,11,14-15H2,1-3H3. The summed E-state index contributed by atoms with van der Waals surface area (Å²) in [7, 11) is 2.07. The Labute approximate surface area is 129 Å². The first-order valence-corrected chi connectivity index (χ1v) is 7.99. The zero-order valence-electron chi connectivity index (χ0n) is 13.5. The van der Waals surface area contributed by atoms with Crippen molar-refractivity contribution in [2.45, 2.75) is 45.1 Å². The van der Waals surface area contributed by atoms with Crippen molar-refractivity contribution in [1.82, 2.24) is 5.32 Å². The maximum absolute atomic E-state index is 3.46. The van der Waals surface area contributed by atoms with Gasteiger partial charge >= 0.3 is 0 Å². The lowest BCUT2D eigenvalue weighted by molar-refractivity contribution is 0.520. The number of nitrogens with one attached hydrogen (secondary N) is 1. The number of hydrogen-bond acceptors (Lipinski definition) is 1. The van der Waals surface area contributed by atoms with Crippen molar-refractivity contribution < 1.29 is 0 Å². The molecule has 1 heteroatoms. The average molecular weight is 281 g/mol. The minimum Gasteiger partial charge on any atom is -0.317 e. The molecule has 0 saturated carbocycles. The molecule has 0 saturated heterocycles. The number of aryl methyl sites for hydroxylation is 1. The van der Waals surface area contributed by atoms with Gasteiger partial charge in [-0.3, -0.25) is 0 Å². The molecule has 0 bridgehead atoms. The maximum atomic E-state index is 3.46. The predicted octanol–water partition coefficient (Wildman–Crippen LogP) is 4.57. The minimum absolute atomic E-state index is 0.537. The zero-order chi connectivity index (χ0) is 15.1. The lowest BCUT2D eigenvalue weighted by atomic mass is 9.96. The summed E-state index contributed by atoms with van der Waals surface area (Å²) in [6, 6.07) is 20.4. The van der Waals surface area contributed by atoms with Crippen LogP contribution in [0.3, 0.4) is 0 Å². The van der Waals surface area contributed by atoms with Gasteiger partial charge in [0.15, 0.2) is 0 Å². The van der Waals surface area contributed by atoms with Gasteiger partial charge in [-0.2, -0.15) is 0 Å². The van der Waals surface area contributed by atoms with Gasteiger partial charge in [0, 0.05) is 6.04 Å². The summed E-state index contributed by atoms with van der Waals surface area (Å²) < 4.78 is 0. The van der Waals surface area contributed by atoms with E-state index in [0.29, 0.717) is 12.0 Å². The number of hydrogen-bond donors (Lipinski definition) is 1. The highest BCUT2D eigenvalue weighted by atomic mass is 14.9. The molecule has 0 amide bonds. The van der Waals surface area contributed by atoms with Gasteiger partial charge in [-0.05, 0) is 48.9 Å². The van der Waals surface area contributed by atoms with E-state index < -0.39 is 0 Å². The average Bonchev–Trinajstić information content (AvgIpc) is 2.53. The summed E-state index contributed by atoms with van der Waals surface area (Å²) in [4.78, 5) is 0. The monoisotopic (exact) mass is 281 g/mol. The second kappa shape index (κ2) is 7.99. The summed E-state index contributed by atoms with van der Waals surface area (Å²) in [5, 5.41) is 3.46. The highest BCUT2D eigenvalue weighted by molar-refractivity contribution is 5.25. The van der Waals surface area contributed by atoms with Crippen molar-refractivity contribution in [3.8, 4) is 0 Å². The van der Waals surface area contributed by atoms with Crippen LogP contribution in [-0.2, 0) is 12.8 Å². The van der Waals surface area contributed by atoms with E-state index in [4.69, 9.17) is 0 Å². The minimum atomic E-state index is 0.537. The fraction of sp³-hybridized carbons (Fsp3) is 0.400. The Bertz CT molecular complexity index is 513. The van der Waals surface area contributed by atoms with E-state index in [1.54, 1.807) is 0 Å². The molecule has 2 aromatic carbocycles. The lowest BCUT2D eigenvalue weighted by Gasteiger charge is -2.17. The number of likely N-dealkylation sites (N-methyl/N-ethyl adjacent to an activating group) is 1. The van der Waals surface area contributed by atoms with E-state index in [2.05, 4.69) is 80.8 Å². The molecule has 0 aliphatic heterocycles. The fourth-order valence-corrected chi connectivity index (χ4v) is 2.66. The summed E-state index contributed by atoms with van der Waals surface area (Å²) in [5.41, 5.74) is 4.27. The van der Waals surface area contributed by atoms with Crippen LogP contribution in [0.1, 0.15) is 42.9 Å². The third-order valence-electron chi connectivity index (χ3n) is 4.16. The van der Waals surface area contributed by atoms with E-state index >= 15 is 0 Å². The SMILES string of the molecule is CNC(CCc1ccccc1)Cc1ccc(C(C)C)cc1. The van der Waals surface area contributed by atoms with Crippen molar-refractivity contribution in [2.75, 3.05) is 7.05 Å². The van der Waals surface area contributed by atoms with E-state index in [9.17, 15) is 0 Å². The Kier molecular flexibility index (Phi) is 6.01. The van der Waals surface area contributed by atoms with Crippen LogP contribution in [0.25, 0.3) is 0 Å². The molecule has 0 fully saturated rings. The number of benzene rings is 2. The van der Waals surface area contributed by atoms with Crippen LogP contribution in [0.4, 0.5) is 0 Å². The second-order valence-corrected chi connectivity index (χ2v) is 6.11.